The average Bonchev–Trinajstić information content (AvgIpc) is 1.67. The van der Waals surface area contributed by atoms with Crippen LogP contribution in [0.2, 0.25) is 0 Å². The lowest BCUT2D eigenvalue weighted by Gasteiger charge is -1.89. The first kappa shape index (κ1) is 8.25. The van der Waals surface area contributed by atoms with E-state index in [1.54, 1.807) is 0 Å². The summed E-state index contributed by atoms with van der Waals surface area (Å²) < 4.78 is 11.9. The first-order valence-electron chi connectivity index (χ1n) is 2.38. The molecule has 0 radical (unpaired) electrons. The summed E-state index contributed by atoms with van der Waals surface area (Å²) in [6, 6.07) is 0. The summed E-state index contributed by atoms with van der Waals surface area (Å²) in [7, 11) is 0. The van der Waals surface area contributed by atoms with Gasteiger partial charge in [0.25, 0.3) is 0 Å². The van der Waals surface area contributed by atoms with Crippen LogP contribution in [0.1, 0.15) is 19.8 Å². The summed E-state index contributed by atoms with van der Waals surface area (Å²) in [5.41, 5.74) is 0. The van der Waals surface area contributed by atoms with Crippen molar-refractivity contribution in [1.29, 1.82) is 0 Å². The van der Waals surface area contributed by atoms with Gasteiger partial charge in [0.2, 0.25) is 0 Å². The summed E-state index contributed by atoms with van der Waals surface area (Å²) >= 11 is 10.2. The molecule has 0 aliphatic heterocycles. The van der Waals surface area contributed by atoms with E-state index in [0.29, 0.717) is 6.42 Å². The predicted molar refractivity (Wildman–Crippen MR) is 34.7 cm³/mol. The summed E-state index contributed by atoms with van der Waals surface area (Å²) in [5.74, 6) is -0.421. The van der Waals surface area contributed by atoms with Gasteiger partial charge in [-0.1, -0.05) is 30.1 Å². The maximum Gasteiger partial charge on any atom is 0.138 e. The molecule has 0 spiro atoms. The maximum atomic E-state index is 12.1. The lowest BCUT2D eigenvalue weighted by Crippen LogP contribution is -1.71. The molecule has 0 heterocycles. The summed E-state index contributed by atoms with van der Waals surface area (Å²) in [5, 5.41) is 0. The number of hydrogen-bond donors (Lipinski definition) is 0. The Balaban J connectivity index is 3.62. The van der Waals surface area contributed by atoms with E-state index in [2.05, 4.69) is 0 Å². The largest absolute Gasteiger partial charge is 0.209 e. The van der Waals surface area contributed by atoms with Crippen molar-refractivity contribution in [2.45, 2.75) is 19.8 Å². The molecule has 48 valence electrons. The second-order valence-electron chi connectivity index (χ2n) is 1.42. The Labute approximate surface area is 58.3 Å². The van der Waals surface area contributed by atoms with E-state index >= 15 is 0 Å². The molecule has 0 aromatic carbocycles. The van der Waals surface area contributed by atoms with Crippen molar-refractivity contribution < 1.29 is 4.39 Å². The Morgan fingerprint density at radius 2 is 2.00 bits per heavy atom. The van der Waals surface area contributed by atoms with E-state index in [1.807, 2.05) is 6.92 Å². The highest BCUT2D eigenvalue weighted by atomic mass is 35.5. The molecule has 0 amide bonds. The lowest BCUT2D eigenvalue weighted by atomic mass is 10.3. The first-order valence-corrected chi connectivity index (χ1v) is 3.13. The van der Waals surface area contributed by atoms with Crippen molar-refractivity contribution in [3.63, 3.8) is 0 Å². The molecule has 0 saturated carbocycles. The van der Waals surface area contributed by atoms with E-state index in [4.69, 9.17) is 23.2 Å². The van der Waals surface area contributed by atoms with Crippen LogP contribution < -0.4 is 0 Å². The van der Waals surface area contributed by atoms with Gasteiger partial charge in [0.1, 0.15) is 10.3 Å². The van der Waals surface area contributed by atoms with Crippen molar-refractivity contribution in [2.75, 3.05) is 0 Å². The maximum absolute atomic E-state index is 12.1. The number of rotatable bonds is 2. The van der Waals surface area contributed by atoms with Gasteiger partial charge >= 0.3 is 0 Å². The Kier molecular flexibility index (Phi) is 4.29. The second kappa shape index (κ2) is 4.16. The number of hydrogen-bond acceptors (Lipinski definition) is 0. The molecule has 0 aromatic heterocycles. The number of allylic oxidation sites excluding steroid dienone is 1. The van der Waals surface area contributed by atoms with Crippen LogP contribution in [0.4, 0.5) is 4.39 Å². The fourth-order valence-corrected chi connectivity index (χ4v) is 0.503. The summed E-state index contributed by atoms with van der Waals surface area (Å²) in [6.45, 7) is 1.86. The molecule has 0 aliphatic carbocycles. The van der Waals surface area contributed by atoms with E-state index < -0.39 is 5.83 Å². The fraction of sp³-hybridized carbons (Fsp3) is 0.600. The Bertz CT molecular complexity index is 94.6. The molecule has 0 nitrogen and oxygen atoms in total. The highest BCUT2D eigenvalue weighted by Crippen LogP contribution is 2.18. The SMILES string of the molecule is CCCC(F)=C(Cl)Cl. The normalized spacial score (nSPS) is 9.00. The summed E-state index contributed by atoms with van der Waals surface area (Å²) in [6.07, 6.45) is 1.07. The van der Waals surface area contributed by atoms with Crippen molar-refractivity contribution in [3.8, 4) is 0 Å². The molecule has 0 atom stereocenters. The Morgan fingerprint density at radius 1 is 1.50 bits per heavy atom. The van der Waals surface area contributed by atoms with Gasteiger partial charge in [-0.15, -0.1) is 0 Å². The van der Waals surface area contributed by atoms with Gasteiger partial charge in [-0.25, -0.2) is 4.39 Å². The molecular weight excluding hydrogens is 150 g/mol. The van der Waals surface area contributed by atoms with Crippen LogP contribution in [0.25, 0.3) is 0 Å². The molecule has 0 unspecified atom stereocenters. The van der Waals surface area contributed by atoms with Crippen LogP contribution in [0.3, 0.4) is 0 Å². The lowest BCUT2D eigenvalue weighted by molar-refractivity contribution is 0.584. The molecule has 0 saturated heterocycles. The topological polar surface area (TPSA) is 0 Å². The molecule has 0 rings (SSSR count). The van der Waals surface area contributed by atoms with Crippen LogP contribution in [0.15, 0.2) is 10.3 Å². The smallest absolute Gasteiger partial charge is 0.138 e. The molecule has 0 aromatic rings. The van der Waals surface area contributed by atoms with Crippen molar-refractivity contribution in [1.82, 2.24) is 0 Å². The van der Waals surface area contributed by atoms with Gasteiger partial charge < -0.3 is 0 Å². The number of halogens is 3. The highest BCUT2D eigenvalue weighted by Gasteiger charge is 1.96. The van der Waals surface area contributed by atoms with Crippen molar-refractivity contribution >= 4 is 23.2 Å². The monoisotopic (exact) mass is 156 g/mol. The Morgan fingerprint density at radius 3 is 2.12 bits per heavy atom. The quantitative estimate of drug-likeness (QED) is 0.576. The van der Waals surface area contributed by atoms with Gasteiger partial charge in [0, 0.05) is 6.42 Å². The molecule has 0 fully saturated rings. The van der Waals surface area contributed by atoms with Gasteiger partial charge in [-0.2, -0.15) is 0 Å². The molecular formula is C5H7Cl2F. The highest BCUT2D eigenvalue weighted by molar-refractivity contribution is 6.56. The van der Waals surface area contributed by atoms with E-state index in [9.17, 15) is 4.39 Å². The third-order valence-corrected chi connectivity index (χ3v) is 1.08. The zero-order chi connectivity index (χ0) is 6.57. The van der Waals surface area contributed by atoms with Crippen LogP contribution in [-0.4, -0.2) is 0 Å². The minimum absolute atomic E-state index is 0.244. The fourth-order valence-electron chi connectivity index (χ4n) is 0.314. The van der Waals surface area contributed by atoms with Crippen LogP contribution >= 0.6 is 23.2 Å². The molecule has 0 bridgehead atoms. The van der Waals surface area contributed by atoms with Crippen molar-refractivity contribution in [3.05, 3.63) is 10.3 Å². The molecule has 3 heteroatoms. The van der Waals surface area contributed by atoms with Gasteiger partial charge in [-0.3, -0.25) is 0 Å². The van der Waals surface area contributed by atoms with E-state index in [1.165, 1.54) is 0 Å². The second-order valence-corrected chi connectivity index (χ2v) is 2.36. The third-order valence-electron chi connectivity index (χ3n) is 0.675. The predicted octanol–water partition coefficient (Wildman–Crippen LogP) is 3.40. The van der Waals surface area contributed by atoms with Crippen molar-refractivity contribution in [2.24, 2.45) is 0 Å². The van der Waals surface area contributed by atoms with Gasteiger partial charge in [-0.05, 0) is 6.42 Å². The minimum atomic E-state index is -0.421. The molecule has 0 aliphatic rings. The van der Waals surface area contributed by atoms with E-state index in [-0.39, 0.29) is 4.49 Å². The van der Waals surface area contributed by atoms with Gasteiger partial charge in [0.05, 0.1) is 0 Å². The first-order chi connectivity index (χ1) is 3.68. The minimum Gasteiger partial charge on any atom is -0.209 e. The average molecular weight is 157 g/mol. The van der Waals surface area contributed by atoms with Crippen LogP contribution in [0.5, 0.6) is 0 Å². The third kappa shape index (κ3) is 3.28. The van der Waals surface area contributed by atoms with Gasteiger partial charge in [0.15, 0.2) is 0 Å². The van der Waals surface area contributed by atoms with Crippen LogP contribution in [-0.2, 0) is 0 Å². The standard InChI is InChI=1S/C5H7Cl2F/c1-2-3-4(8)5(6)7/h2-3H2,1H3. The molecule has 0 N–H and O–H groups in total. The van der Waals surface area contributed by atoms with E-state index in [0.717, 1.165) is 6.42 Å². The Hall–Kier alpha value is 0.250. The van der Waals surface area contributed by atoms with Crippen LogP contribution in [0, 0.1) is 0 Å². The zero-order valence-electron chi connectivity index (χ0n) is 4.55. The molecule has 8 heavy (non-hydrogen) atoms. The summed E-state index contributed by atoms with van der Waals surface area (Å²) in [4.78, 5) is 0. The zero-order valence-corrected chi connectivity index (χ0v) is 6.06.